The number of halogens is 2. The molecule has 0 radical (unpaired) electrons. The first-order valence-electron chi connectivity index (χ1n) is 5.49. The molecule has 8 heteroatoms. The number of benzene rings is 1. The monoisotopic (exact) mass is 371 g/mol. The first-order chi connectivity index (χ1) is 9.48. The number of aromatic amines is 1. The van der Waals surface area contributed by atoms with Crippen molar-refractivity contribution in [1.29, 1.82) is 0 Å². The van der Waals surface area contributed by atoms with E-state index < -0.39 is 9.05 Å². The molecule has 3 rings (SSSR count). The number of H-pyrrole nitrogens is 1. The predicted molar refractivity (Wildman–Crippen MR) is 80.1 cm³/mol. The topological polar surface area (TPSA) is 75.7 Å². The van der Waals surface area contributed by atoms with E-state index in [0.29, 0.717) is 16.6 Å². The van der Waals surface area contributed by atoms with Crippen LogP contribution in [0.15, 0.2) is 46.3 Å². The van der Waals surface area contributed by atoms with Crippen molar-refractivity contribution >= 4 is 46.6 Å². The maximum Gasteiger partial charge on any atom is 0.263 e. The van der Waals surface area contributed by atoms with Crippen LogP contribution < -0.4 is 0 Å². The van der Waals surface area contributed by atoms with Crippen molar-refractivity contribution < 1.29 is 8.42 Å². The van der Waals surface area contributed by atoms with Crippen molar-refractivity contribution in [2.24, 2.45) is 0 Å². The number of fused-ring (bicyclic) bond motifs is 1. The number of nitrogens with one attached hydrogen (secondary N) is 1. The molecule has 0 aliphatic rings. The maximum atomic E-state index is 11.5. The fraction of sp³-hybridized carbons (Fsp3) is 0. The Morgan fingerprint density at radius 3 is 2.70 bits per heavy atom. The van der Waals surface area contributed by atoms with E-state index in [2.05, 4.69) is 30.9 Å². The van der Waals surface area contributed by atoms with Crippen LogP contribution in [0.1, 0.15) is 0 Å². The molecule has 0 bridgehead atoms. The average molecular weight is 373 g/mol. The van der Waals surface area contributed by atoms with Crippen LogP contribution in [-0.4, -0.2) is 23.4 Å². The number of hydrogen-bond donors (Lipinski definition) is 1. The lowest BCUT2D eigenvalue weighted by Crippen LogP contribution is -1.90. The van der Waals surface area contributed by atoms with Crippen LogP contribution in [-0.2, 0) is 9.05 Å². The summed E-state index contributed by atoms with van der Waals surface area (Å²) in [7, 11) is 1.62. The van der Waals surface area contributed by atoms with Gasteiger partial charge in [0, 0.05) is 44.7 Å². The second-order valence-corrected chi connectivity index (χ2v) is 7.42. The minimum atomic E-state index is -3.81. The summed E-state index contributed by atoms with van der Waals surface area (Å²) in [5, 5.41) is 0.517. The Bertz CT molecular complexity index is 894. The van der Waals surface area contributed by atoms with E-state index >= 15 is 0 Å². The van der Waals surface area contributed by atoms with E-state index in [1.165, 1.54) is 6.20 Å². The molecular weight excluding hydrogens is 366 g/mol. The number of hydrogen-bond acceptors (Lipinski definition) is 4. The van der Waals surface area contributed by atoms with Gasteiger partial charge in [0.2, 0.25) is 0 Å². The lowest BCUT2D eigenvalue weighted by Gasteiger charge is -2.05. The Labute approximate surface area is 127 Å². The first kappa shape index (κ1) is 13.5. The van der Waals surface area contributed by atoms with Crippen LogP contribution in [0.5, 0.6) is 0 Å². The standard InChI is InChI=1S/C12H7BrClN3O2S/c13-8-2-1-7-10(20(14,18)19)6-17-12(7)11(8)9-5-15-3-4-16-9/h1-6,17H. The van der Waals surface area contributed by atoms with Gasteiger partial charge in [-0.25, -0.2) is 8.42 Å². The molecule has 1 N–H and O–H groups in total. The van der Waals surface area contributed by atoms with Crippen LogP contribution in [0.2, 0.25) is 0 Å². The van der Waals surface area contributed by atoms with Gasteiger partial charge in [-0.15, -0.1) is 0 Å². The largest absolute Gasteiger partial charge is 0.359 e. The minimum Gasteiger partial charge on any atom is -0.359 e. The summed E-state index contributed by atoms with van der Waals surface area (Å²) in [6, 6.07) is 3.44. The zero-order chi connectivity index (χ0) is 14.3. The summed E-state index contributed by atoms with van der Waals surface area (Å²) in [4.78, 5) is 11.2. The zero-order valence-electron chi connectivity index (χ0n) is 9.84. The fourth-order valence-electron chi connectivity index (χ4n) is 2.03. The Morgan fingerprint density at radius 1 is 1.25 bits per heavy atom. The summed E-state index contributed by atoms with van der Waals surface area (Å²) >= 11 is 3.44. The molecule has 1 aromatic carbocycles. The molecule has 0 fully saturated rings. The van der Waals surface area contributed by atoms with E-state index in [-0.39, 0.29) is 4.90 Å². The Hall–Kier alpha value is -1.44. The van der Waals surface area contributed by atoms with Gasteiger partial charge in [0.25, 0.3) is 9.05 Å². The molecule has 2 heterocycles. The summed E-state index contributed by atoms with van der Waals surface area (Å²) in [5.74, 6) is 0. The van der Waals surface area contributed by atoms with Crippen LogP contribution in [0.4, 0.5) is 0 Å². The van der Waals surface area contributed by atoms with Crippen molar-refractivity contribution in [1.82, 2.24) is 15.0 Å². The van der Waals surface area contributed by atoms with Gasteiger partial charge in [0.1, 0.15) is 4.90 Å². The van der Waals surface area contributed by atoms with Crippen molar-refractivity contribution in [2.75, 3.05) is 0 Å². The molecule has 0 aliphatic carbocycles. The highest BCUT2D eigenvalue weighted by Crippen LogP contribution is 2.36. The second-order valence-electron chi connectivity index (χ2n) is 4.03. The van der Waals surface area contributed by atoms with E-state index in [9.17, 15) is 8.42 Å². The zero-order valence-corrected chi connectivity index (χ0v) is 13.0. The van der Waals surface area contributed by atoms with Crippen molar-refractivity contribution in [3.05, 3.63) is 41.4 Å². The fourth-order valence-corrected chi connectivity index (χ4v) is 3.58. The molecule has 0 atom stereocenters. The first-order valence-corrected chi connectivity index (χ1v) is 8.59. The molecule has 102 valence electrons. The lowest BCUT2D eigenvalue weighted by atomic mass is 10.1. The molecule has 5 nitrogen and oxygen atoms in total. The van der Waals surface area contributed by atoms with Gasteiger partial charge in [0.05, 0.1) is 17.4 Å². The molecule has 0 spiro atoms. The van der Waals surface area contributed by atoms with Gasteiger partial charge < -0.3 is 4.98 Å². The molecule has 3 aromatic rings. The third-order valence-corrected chi connectivity index (χ3v) is 4.87. The highest BCUT2D eigenvalue weighted by Gasteiger charge is 2.19. The number of aromatic nitrogens is 3. The summed E-state index contributed by atoms with van der Waals surface area (Å²) in [6.07, 6.45) is 6.12. The maximum absolute atomic E-state index is 11.5. The summed E-state index contributed by atoms with van der Waals surface area (Å²) in [6.45, 7) is 0. The van der Waals surface area contributed by atoms with Crippen LogP contribution in [0, 0.1) is 0 Å². The molecule has 0 saturated heterocycles. The lowest BCUT2D eigenvalue weighted by molar-refractivity contribution is 0.610. The normalized spacial score (nSPS) is 11.9. The minimum absolute atomic E-state index is 0.0480. The van der Waals surface area contributed by atoms with Gasteiger partial charge in [-0.3, -0.25) is 9.97 Å². The molecule has 20 heavy (non-hydrogen) atoms. The second kappa shape index (κ2) is 4.83. The predicted octanol–water partition coefficient (Wildman–Crippen LogP) is 3.31. The molecular formula is C12H7BrClN3O2S. The van der Waals surface area contributed by atoms with Crippen LogP contribution >= 0.6 is 26.6 Å². The number of nitrogens with zero attached hydrogens (tertiary/aromatic N) is 2. The van der Waals surface area contributed by atoms with E-state index in [1.54, 1.807) is 30.7 Å². The van der Waals surface area contributed by atoms with Gasteiger partial charge in [-0.1, -0.05) is 22.0 Å². The van der Waals surface area contributed by atoms with E-state index in [4.69, 9.17) is 10.7 Å². The average Bonchev–Trinajstić information content (AvgIpc) is 2.83. The van der Waals surface area contributed by atoms with Crippen LogP contribution in [0.25, 0.3) is 22.2 Å². The van der Waals surface area contributed by atoms with Gasteiger partial charge in [-0.2, -0.15) is 0 Å². The molecule has 0 amide bonds. The highest BCUT2D eigenvalue weighted by atomic mass is 79.9. The molecule has 0 saturated carbocycles. The third kappa shape index (κ3) is 2.21. The van der Waals surface area contributed by atoms with Gasteiger partial charge in [0.15, 0.2) is 0 Å². The third-order valence-electron chi connectivity index (χ3n) is 2.85. The van der Waals surface area contributed by atoms with Crippen LogP contribution in [0.3, 0.4) is 0 Å². The quantitative estimate of drug-likeness (QED) is 0.700. The van der Waals surface area contributed by atoms with Crippen molar-refractivity contribution in [2.45, 2.75) is 4.90 Å². The van der Waals surface area contributed by atoms with Gasteiger partial charge >= 0.3 is 0 Å². The Morgan fingerprint density at radius 2 is 2.05 bits per heavy atom. The van der Waals surface area contributed by atoms with Crippen molar-refractivity contribution in [3.63, 3.8) is 0 Å². The molecule has 2 aromatic heterocycles. The summed E-state index contributed by atoms with van der Waals surface area (Å²) in [5.41, 5.74) is 2.01. The van der Waals surface area contributed by atoms with Gasteiger partial charge in [-0.05, 0) is 6.07 Å². The SMILES string of the molecule is O=S(=O)(Cl)c1c[nH]c2c(-c3cnccn3)c(Br)ccc12. The number of rotatable bonds is 2. The Kier molecular flexibility index (Phi) is 3.27. The highest BCUT2D eigenvalue weighted by molar-refractivity contribution is 9.10. The van der Waals surface area contributed by atoms with Crippen molar-refractivity contribution in [3.8, 4) is 11.3 Å². The summed E-state index contributed by atoms with van der Waals surface area (Å²) < 4.78 is 23.9. The molecule has 0 unspecified atom stereocenters. The Balaban J connectivity index is 2.39. The van der Waals surface area contributed by atoms with E-state index in [1.807, 2.05) is 0 Å². The molecule has 0 aliphatic heterocycles. The van der Waals surface area contributed by atoms with E-state index in [0.717, 1.165) is 10.0 Å². The smallest absolute Gasteiger partial charge is 0.263 e.